The van der Waals surface area contributed by atoms with Gasteiger partial charge >= 0.3 is 0 Å². The van der Waals surface area contributed by atoms with Crippen LogP contribution in [-0.2, 0) is 11.8 Å². The Morgan fingerprint density at radius 2 is 1.43 bits per heavy atom. The van der Waals surface area contributed by atoms with Crippen LogP contribution < -0.4 is 0 Å². The van der Waals surface area contributed by atoms with E-state index in [4.69, 9.17) is 0 Å². The molecule has 2 heteroatoms. The van der Waals surface area contributed by atoms with Crippen LogP contribution in [0.1, 0.15) is 80.7 Å². The molecular weight excluding hydrogens is 556 g/mol. The number of para-hydroxylation sites is 2. The van der Waals surface area contributed by atoms with Gasteiger partial charge in [-0.25, -0.2) is 0 Å². The highest BCUT2D eigenvalue weighted by Gasteiger charge is 2.39. The van der Waals surface area contributed by atoms with E-state index in [2.05, 4.69) is 123 Å². The number of benzene rings is 5. The summed E-state index contributed by atoms with van der Waals surface area (Å²) in [5.41, 5.74) is 17.7. The lowest BCUT2D eigenvalue weighted by atomic mass is 9.76. The molecule has 0 unspecified atom stereocenters. The van der Waals surface area contributed by atoms with E-state index in [1.54, 1.807) is 11.1 Å². The molecule has 0 fully saturated rings. The van der Waals surface area contributed by atoms with Crippen molar-refractivity contribution in [1.82, 2.24) is 4.57 Å². The second kappa shape index (κ2) is 10.9. The van der Waals surface area contributed by atoms with Gasteiger partial charge in [0.05, 0.1) is 28.4 Å². The fourth-order valence-electron chi connectivity index (χ4n) is 8.69. The maximum absolute atomic E-state index is 10.6. The zero-order valence-electron chi connectivity index (χ0n) is 27.4. The zero-order valence-corrected chi connectivity index (χ0v) is 27.4. The molecule has 0 spiro atoms. The SMILES string of the molecule is CCCc1cc2c(cc1-c1c(C)cccc1-c1c(C#N)cccc1-n1c3ccccc3c3ccccc31)C1=C(CCCC1)C2(C)C. The van der Waals surface area contributed by atoms with Crippen molar-refractivity contribution in [2.45, 2.75) is 71.6 Å². The minimum atomic E-state index is 0.0811. The molecule has 0 radical (unpaired) electrons. The monoisotopic (exact) mass is 596 g/mol. The molecule has 226 valence electrons. The van der Waals surface area contributed by atoms with Gasteiger partial charge in [-0.15, -0.1) is 0 Å². The summed E-state index contributed by atoms with van der Waals surface area (Å²) in [7, 11) is 0. The third-order valence-electron chi connectivity index (χ3n) is 10.8. The van der Waals surface area contributed by atoms with Gasteiger partial charge in [0.2, 0.25) is 0 Å². The van der Waals surface area contributed by atoms with Crippen LogP contribution in [-0.4, -0.2) is 4.57 Å². The molecule has 8 rings (SSSR count). The lowest BCUT2D eigenvalue weighted by molar-refractivity contribution is 0.574. The van der Waals surface area contributed by atoms with Crippen LogP contribution in [0.25, 0.3) is 55.3 Å². The number of fused-ring (bicyclic) bond motifs is 5. The van der Waals surface area contributed by atoms with E-state index < -0.39 is 0 Å². The highest BCUT2D eigenvalue weighted by Crippen LogP contribution is 2.54. The second-order valence-corrected chi connectivity index (χ2v) is 13.8. The molecule has 0 N–H and O–H groups in total. The molecule has 0 saturated heterocycles. The van der Waals surface area contributed by atoms with Crippen LogP contribution in [0.3, 0.4) is 0 Å². The van der Waals surface area contributed by atoms with Crippen LogP contribution in [0.2, 0.25) is 0 Å². The number of hydrogen-bond acceptors (Lipinski definition) is 1. The number of nitriles is 1. The fourth-order valence-corrected chi connectivity index (χ4v) is 8.69. The number of allylic oxidation sites excluding steroid dienone is 2. The Labute approximate surface area is 272 Å². The summed E-state index contributed by atoms with van der Waals surface area (Å²) in [5.74, 6) is 0. The summed E-state index contributed by atoms with van der Waals surface area (Å²) in [6, 6.07) is 37.8. The maximum atomic E-state index is 10.6. The van der Waals surface area contributed by atoms with Gasteiger partial charge in [0.1, 0.15) is 0 Å². The summed E-state index contributed by atoms with van der Waals surface area (Å²) < 4.78 is 2.37. The number of nitrogens with zero attached hydrogens (tertiary/aromatic N) is 2. The predicted molar refractivity (Wildman–Crippen MR) is 194 cm³/mol. The minimum Gasteiger partial charge on any atom is -0.309 e. The average molecular weight is 597 g/mol. The normalized spacial score (nSPS) is 15.3. The molecule has 0 saturated carbocycles. The Morgan fingerprint density at radius 3 is 2.15 bits per heavy atom. The molecular formula is C44H40N2. The minimum absolute atomic E-state index is 0.0811. The molecule has 5 aromatic carbocycles. The summed E-state index contributed by atoms with van der Waals surface area (Å²) in [6.45, 7) is 9.41. The average Bonchev–Trinajstić information content (AvgIpc) is 3.53. The molecule has 6 aromatic rings. The molecule has 46 heavy (non-hydrogen) atoms. The molecule has 2 aliphatic rings. The first kappa shape index (κ1) is 28.6. The zero-order chi connectivity index (χ0) is 31.6. The van der Waals surface area contributed by atoms with Crippen LogP contribution in [0.4, 0.5) is 0 Å². The quantitative estimate of drug-likeness (QED) is 0.195. The van der Waals surface area contributed by atoms with E-state index in [0.29, 0.717) is 5.56 Å². The first-order chi connectivity index (χ1) is 22.4. The van der Waals surface area contributed by atoms with Crippen LogP contribution in [0.15, 0.2) is 103 Å². The topological polar surface area (TPSA) is 28.7 Å². The molecule has 2 aliphatic carbocycles. The molecule has 0 atom stereocenters. The molecule has 1 aromatic heterocycles. The maximum Gasteiger partial charge on any atom is 0.0998 e. The van der Waals surface area contributed by atoms with Crippen LogP contribution in [0.5, 0.6) is 0 Å². The van der Waals surface area contributed by atoms with E-state index in [9.17, 15) is 5.26 Å². The van der Waals surface area contributed by atoms with Gasteiger partial charge in [0, 0.05) is 21.8 Å². The molecule has 0 bridgehead atoms. The predicted octanol–water partition coefficient (Wildman–Crippen LogP) is 11.9. The van der Waals surface area contributed by atoms with E-state index in [1.807, 2.05) is 12.1 Å². The van der Waals surface area contributed by atoms with Crippen molar-refractivity contribution in [3.63, 3.8) is 0 Å². The Morgan fingerprint density at radius 1 is 0.739 bits per heavy atom. The van der Waals surface area contributed by atoms with Crippen molar-refractivity contribution >= 4 is 27.4 Å². The standard InChI is InChI=1S/C44H40N2/c1-5-14-29-25-38-36(31-17-6-9-21-37(31)44(38,3)4)26-35(29)42-28(2)15-12-20-34(42)43-30(27-45)16-13-24-41(43)46-39-22-10-7-18-32(39)33-19-8-11-23-40(33)46/h7-8,10-13,15-16,18-20,22-26H,5-6,9,14,17,21H2,1-4H3. The molecule has 1 heterocycles. The number of aromatic nitrogens is 1. The molecule has 0 amide bonds. The fraction of sp³-hybridized carbons (Fsp3) is 0.250. The largest absolute Gasteiger partial charge is 0.309 e. The van der Waals surface area contributed by atoms with Gasteiger partial charge < -0.3 is 4.57 Å². The third-order valence-corrected chi connectivity index (χ3v) is 10.8. The number of aryl methyl sites for hydroxylation is 2. The van der Waals surface area contributed by atoms with Crippen LogP contribution in [0, 0.1) is 18.3 Å². The van der Waals surface area contributed by atoms with Crippen molar-refractivity contribution in [3.05, 3.63) is 130 Å². The first-order valence-electron chi connectivity index (χ1n) is 17.0. The van der Waals surface area contributed by atoms with Crippen molar-refractivity contribution in [3.8, 4) is 34.0 Å². The Kier molecular flexibility index (Phi) is 6.77. The number of hydrogen-bond donors (Lipinski definition) is 0. The van der Waals surface area contributed by atoms with E-state index in [1.165, 1.54) is 69.8 Å². The van der Waals surface area contributed by atoms with Gasteiger partial charge in [-0.05, 0) is 114 Å². The second-order valence-electron chi connectivity index (χ2n) is 13.8. The highest BCUT2D eigenvalue weighted by molar-refractivity contribution is 6.10. The number of rotatable bonds is 5. The van der Waals surface area contributed by atoms with Gasteiger partial charge in [-0.2, -0.15) is 5.26 Å². The highest BCUT2D eigenvalue weighted by atomic mass is 15.0. The van der Waals surface area contributed by atoms with Gasteiger partial charge in [0.25, 0.3) is 0 Å². The summed E-state index contributed by atoms with van der Waals surface area (Å²) in [5, 5.41) is 13.1. The van der Waals surface area contributed by atoms with Gasteiger partial charge in [-0.3, -0.25) is 0 Å². The van der Waals surface area contributed by atoms with E-state index in [0.717, 1.165) is 40.7 Å². The van der Waals surface area contributed by atoms with E-state index >= 15 is 0 Å². The van der Waals surface area contributed by atoms with Crippen molar-refractivity contribution < 1.29 is 0 Å². The van der Waals surface area contributed by atoms with Crippen molar-refractivity contribution in [2.75, 3.05) is 0 Å². The van der Waals surface area contributed by atoms with E-state index in [-0.39, 0.29) is 5.41 Å². The lowest BCUT2D eigenvalue weighted by Gasteiger charge is -2.27. The van der Waals surface area contributed by atoms with Crippen molar-refractivity contribution in [2.24, 2.45) is 0 Å². The Bertz CT molecular complexity index is 2210. The summed E-state index contributed by atoms with van der Waals surface area (Å²) in [4.78, 5) is 0. The Hall–Kier alpha value is -4.87. The van der Waals surface area contributed by atoms with Gasteiger partial charge in [-0.1, -0.05) is 99.5 Å². The molecule has 0 aliphatic heterocycles. The molecule has 2 nitrogen and oxygen atoms in total. The Balaban J connectivity index is 1.45. The van der Waals surface area contributed by atoms with Gasteiger partial charge in [0.15, 0.2) is 0 Å². The summed E-state index contributed by atoms with van der Waals surface area (Å²) in [6.07, 6.45) is 7.06. The first-order valence-corrected chi connectivity index (χ1v) is 17.0. The third kappa shape index (κ3) is 4.15. The smallest absolute Gasteiger partial charge is 0.0998 e. The van der Waals surface area contributed by atoms with Crippen molar-refractivity contribution in [1.29, 1.82) is 5.26 Å². The summed E-state index contributed by atoms with van der Waals surface area (Å²) >= 11 is 0. The lowest BCUT2D eigenvalue weighted by Crippen LogP contribution is -2.18. The van der Waals surface area contributed by atoms with Crippen LogP contribution >= 0.6 is 0 Å².